The van der Waals surface area contributed by atoms with Gasteiger partial charge in [-0.1, -0.05) is 0 Å². The molecular formula is C17H20FN5O3. The van der Waals surface area contributed by atoms with Crippen LogP contribution in [0.15, 0.2) is 18.2 Å². The Kier molecular flexibility index (Phi) is 4.62. The van der Waals surface area contributed by atoms with Crippen molar-refractivity contribution in [2.45, 2.75) is 18.9 Å². The van der Waals surface area contributed by atoms with Crippen LogP contribution in [0.2, 0.25) is 0 Å². The highest BCUT2D eigenvalue weighted by Gasteiger charge is 2.42. The highest BCUT2D eigenvalue weighted by atomic mass is 19.1. The zero-order valence-corrected chi connectivity index (χ0v) is 14.8. The zero-order valence-electron chi connectivity index (χ0n) is 14.8. The zero-order chi connectivity index (χ0) is 19.0. The fraction of sp³-hybridized carbons (Fsp3) is 0.412. The summed E-state index contributed by atoms with van der Waals surface area (Å²) >= 11 is 0. The van der Waals surface area contributed by atoms with Gasteiger partial charge in [0.25, 0.3) is 5.91 Å². The molecule has 1 aliphatic heterocycles. The lowest BCUT2D eigenvalue weighted by molar-refractivity contribution is -0.135. The van der Waals surface area contributed by atoms with Crippen LogP contribution in [0.25, 0.3) is 11.0 Å². The van der Waals surface area contributed by atoms with Crippen molar-refractivity contribution in [3.63, 3.8) is 0 Å². The van der Waals surface area contributed by atoms with E-state index in [0.29, 0.717) is 29.8 Å². The van der Waals surface area contributed by atoms with Gasteiger partial charge >= 0.3 is 6.03 Å². The Bertz CT molecular complexity index is 880. The van der Waals surface area contributed by atoms with E-state index < -0.39 is 12.1 Å². The van der Waals surface area contributed by atoms with E-state index in [4.69, 9.17) is 0 Å². The summed E-state index contributed by atoms with van der Waals surface area (Å²) in [4.78, 5) is 47.4. The fourth-order valence-corrected chi connectivity index (χ4v) is 2.95. The summed E-state index contributed by atoms with van der Waals surface area (Å²) in [5.74, 6) is -0.307. The number of amides is 4. The van der Waals surface area contributed by atoms with E-state index >= 15 is 0 Å². The van der Waals surface area contributed by atoms with Crippen molar-refractivity contribution in [3.05, 3.63) is 29.8 Å². The van der Waals surface area contributed by atoms with E-state index in [-0.39, 0.29) is 24.1 Å². The Morgan fingerprint density at radius 1 is 1.35 bits per heavy atom. The molecule has 2 aromatic rings. The highest BCUT2D eigenvalue weighted by molar-refractivity contribution is 6.05. The van der Waals surface area contributed by atoms with Crippen LogP contribution in [0.5, 0.6) is 0 Å². The van der Waals surface area contributed by atoms with Gasteiger partial charge in [-0.3, -0.25) is 14.5 Å². The summed E-state index contributed by atoms with van der Waals surface area (Å²) in [5, 5.41) is 0. The minimum Gasteiger partial charge on any atom is -0.345 e. The largest absolute Gasteiger partial charge is 0.345 e. The number of fused-ring (bicyclic) bond motifs is 1. The van der Waals surface area contributed by atoms with Crippen LogP contribution in [0.3, 0.4) is 0 Å². The van der Waals surface area contributed by atoms with Gasteiger partial charge in [-0.15, -0.1) is 0 Å². The van der Waals surface area contributed by atoms with Crippen molar-refractivity contribution < 1.29 is 18.8 Å². The predicted molar refractivity (Wildman–Crippen MR) is 91.7 cm³/mol. The molecule has 0 saturated carbocycles. The summed E-state index contributed by atoms with van der Waals surface area (Å²) in [6, 6.07) is 3.13. The molecular weight excluding hydrogens is 341 g/mol. The van der Waals surface area contributed by atoms with E-state index in [1.54, 1.807) is 13.1 Å². The second kappa shape index (κ2) is 6.74. The van der Waals surface area contributed by atoms with Crippen LogP contribution in [-0.2, 0) is 16.0 Å². The number of benzene rings is 1. The first kappa shape index (κ1) is 17.8. The van der Waals surface area contributed by atoms with Crippen molar-refractivity contribution in [1.29, 1.82) is 0 Å². The number of halogens is 1. The number of carbonyl (C=O) groups excluding carboxylic acids is 3. The van der Waals surface area contributed by atoms with Crippen LogP contribution in [0.1, 0.15) is 12.2 Å². The lowest BCUT2D eigenvalue weighted by Gasteiger charge is -2.20. The van der Waals surface area contributed by atoms with Gasteiger partial charge in [0, 0.05) is 34.1 Å². The lowest BCUT2D eigenvalue weighted by atomic mass is 10.1. The predicted octanol–water partition coefficient (Wildman–Crippen LogP) is 0.985. The van der Waals surface area contributed by atoms with Crippen molar-refractivity contribution >= 4 is 28.9 Å². The molecule has 1 atom stereocenters. The third-order valence-electron chi connectivity index (χ3n) is 4.64. The summed E-state index contributed by atoms with van der Waals surface area (Å²) in [6.45, 7) is 0.384. The van der Waals surface area contributed by atoms with Crippen LogP contribution in [-0.4, -0.2) is 76.2 Å². The Hall–Kier alpha value is -2.97. The van der Waals surface area contributed by atoms with Gasteiger partial charge in [-0.2, -0.15) is 0 Å². The van der Waals surface area contributed by atoms with Gasteiger partial charge in [0.1, 0.15) is 17.7 Å². The number of H-pyrrole nitrogens is 1. The fourth-order valence-electron chi connectivity index (χ4n) is 2.95. The topological polar surface area (TPSA) is 89.6 Å². The van der Waals surface area contributed by atoms with Gasteiger partial charge in [-0.05, 0) is 18.2 Å². The third-order valence-corrected chi connectivity index (χ3v) is 4.64. The normalized spacial score (nSPS) is 17.5. The summed E-state index contributed by atoms with van der Waals surface area (Å²) < 4.78 is 13.2. The Balaban J connectivity index is 1.58. The van der Waals surface area contributed by atoms with E-state index in [1.807, 2.05) is 0 Å². The number of nitrogens with zero attached hydrogens (tertiary/aromatic N) is 4. The monoisotopic (exact) mass is 361 g/mol. The quantitative estimate of drug-likeness (QED) is 0.804. The smallest absolute Gasteiger partial charge is 0.326 e. The molecule has 0 aliphatic carbocycles. The molecule has 1 aromatic carbocycles. The first-order valence-electron chi connectivity index (χ1n) is 8.20. The molecule has 1 saturated heterocycles. The molecule has 0 bridgehead atoms. The number of nitrogens with one attached hydrogen (secondary N) is 1. The number of carbonyl (C=O) groups is 3. The molecule has 0 spiro atoms. The number of aromatic amines is 1. The summed E-state index contributed by atoms with van der Waals surface area (Å²) in [6.07, 6.45) is 0.402. The minimum atomic E-state index is -0.767. The van der Waals surface area contributed by atoms with Gasteiger partial charge < -0.3 is 14.8 Å². The molecule has 1 N–H and O–H groups in total. The highest BCUT2D eigenvalue weighted by Crippen LogP contribution is 2.18. The maximum atomic E-state index is 13.2. The van der Waals surface area contributed by atoms with Crippen molar-refractivity contribution in [2.75, 3.05) is 27.7 Å². The van der Waals surface area contributed by atoms with Gasteiger partial charge in [0.15, 0.2) is 0 Å². The van der Waals surface area contributed by atoms with Gasteiger partial charge in [-0.25, -0.2) is 14.2 Å². The van der Waals surface area contributed by atoms with Crippen LogP contribution in [0, 0.1) is 5.82 Å². The third kappa shape index (κ3) is 3.24. The van der Waals surface area contributed by atoms with E-state index in [2.05, 4.69) is 9.97 Å². The first-order valence-corrected chi connectivity index (χ1v) is 8.20. The minimum absolute atomic E-state index is 0.0622. The number of likely N-dealkylation sites (N-methyl/N-ethyl adjacent to an activating group) is 3. The second-order valence-corrected chi connectivity index (χ2v) is 6.42. The molecule has 138 valence electrons. The number of imidazole rings is 1. The molecule has 2 heterocycles. The molecule has 1 fully saturated rings. The van der Waals surface area contributed by atoms with E-state index in [0.717, 1.165) is 4.90 Å². The number of rotatable bonds is 5. The molecule has 1 aromatic heterocycles. The molecule has 0 radical (unpaired) electrons. The van der Waals surface area contributed by atoms with E-state index in [9.17, 15) is 18.8 Å². The summed E-state index contributed by atoms with van der Waals surface area (Å²) in [5.41, 5.74) is 1.27. The average molecular weight is 361 g/mol. The molecule has 3 rings (SSSR count). The van der Waals surface area contributed by atoms with Gasteiger partial charge in [0.05, 0.1) is 17.5 Å². The Morgan fingerprint density at radius 3 is 2.73 bits per heavy atom. The standard InChI is InChI=1S/C17H20FN5O3/c1-21(15(24)9-13-16(25)23(3)17(26)22(13)2)7-6-14-19-11-5-4-10(18)8-12(11)20-14/h4-5,8,13H,6-7,9H2,1-3H3,(H,19,20). The van der Waals surface area contributed by atoms with Crippen LogP contribution >= 0.6 is 0 Å². The lowest BCUT2D eigenvalue weighted by Crippen LogP contribution is -2.38. The number of urea groups is 1. The Morgan fingerprint density at radius 2 is 2.08 bits per heavy atom. The Labute approximate surface area is 149 Å². The van der Waals surface area contributed by atoms with Crippen molar-refractivity contribution in [2.24, 2.45) is 0 Å². The second-order valence-electron chi connectivity index (χ2n) is 6.42. The maximum Gasteiger partial charge on any atom is 0.326 e. The SMILES string of the molecule is CN(CCc1nc2ccc(F)cc2[nH]1)C(=O)CC1C(=O)N(C)C(=O)N1C. The molecule has 4 amide bonds. The molecule has 1 unspecified atom stereocenters. The van der Waals surface area contributed by atoms with Gasteiger partial charge in [0.2, 0.25) is 5.91 Å². The first-order chi connectivity index (χ1) is 12.3. The van der Waals surface area contributed by atoms with Crippen LogP contribution < -0.4 is 0 Å². The van der Waals surface area contributed by atoms with Crippen molar-refractivity contribution in [1.82, 2.24) is 24.7 Å². The number of hydrogen-bond donors (Lipinski definition) is 1. The number of hydrogen-bond acceptors (Lipinski definition) is 4. The molecule has 1 aliphatic rings. The summed E-state index contributed by atoms with van der Waals surface area (Å²) in [7, 11) is 4.55. The maximum absolute atomic E-state index is 13.2. The molecule has 26 heavy (non-hydrogen) atoms. The number of imide groups is 1. The van der Waals surface area contributed by atoms with E-state index in [1.165, 1.54) is 36.0 Å². The average Bonchev–Trinajstić information content (AvgIpc) is 3.09. The van der Waals surface area contributed by atoms with Crippen LogP contribution in [0.4, 0.5) is 9.18 Å². The molecule has 9 heteroatoms. The molecule has 8 nitrogen and oxygen atoms in total. The number of aromatic nitrogens is 2. The van der Waals surface area contributed by atoms with Crippen molar-refractivity contribution in [3.8, 4) is 0 Å².